The highest BCUT2D eigenvalue weighted by atomic mass is 32.2. The van der Waals surface area contributed by atoms with Crippen molar-refractivity contribution in [3.8, 4) is 0 Å². The van der Waals surface area contributed by atoms with Crippen molar-refractivity contribution in [2.24, 2.45) is 0 Å². The second-order valence-corrected chi connectivity index (χ2v) is 2.01. The minimum atomic E-state index is 0.412. The lowest BCUT2D eigenvalue weighted by Crippen LogP contribution is -1.98. The van der Waals surface area contributed by atoms with Gasteiger partial charge in [0.2, 0.25) is 0 Å². The predicted molar refractivity (Wildman–Crippen MR) is 34.4 cm³/mol. The maximum absolute atomic E-state index is 5.11. The van der Waals surface area contributed by atoms with Gasteiger partial charge in [-0.05, 0) is 25.4 Å². The van der Waals surface area contributed by atoms with Gasteiger partial charge in [-0.15, -0.1) is 0 Å². The molecule has 0 spiro atoms. The van der Waals surface area contributed by atoms with E-state index in [4.69, 9.17) is 4.18 Å². The third-order valence-corrected chi connectivity index (χ3v) is 1.36. The van der Waals surface area contributed by atoms with E-state index in [2.05, 4.69) is 13.8 Å². The van der Waals surface area contributed by atoms with Crippen LogP contribution in [-0.2, 0) is 4.18 Å². The van der Waals surface area contributed by atoms with Crippen molar-refractivity contribution in [3.05, 3.63) is 0 Å². The zero-order valence-corrected chi connectivity index (χ0v) is 5.92. The predicted octanol–water partition coefficient (Wildman–Crippen LogP) is 2.08. The number of hydrogen-bond acceptors (Lipinski definition) is 2. The van der Waals surface area contributed by atoms with E-state index in [0.29, 0.717) is 6.10 Å². The van der Waals surface area contributed by atoms with Gasteiger partial charge in [0.15, 0.2) is 0 Å². The molecule has 0 aliphatic carbocycles. The van der Waals surface area contributed by atoms with Gasteiger partial charge in [0, 0.05) is 6.26 Å². The fourth-order valence-electron chi connectivity index (χ4n) is 0.232. The summed E-state index contributed by atoms with van der Waals surface area (Å²) in [5.41, 5.74) is 0. The SMILES string of the molecule is CCC(C)OSC. The normalized spacial score (nSPS) is 14.1. The Morgan fingerprint density at radius 1 is 1.71 bits per heavy atom. The second-order valence-electron chi connectivity index (χ2n) is 1.48. The molecule has 7 heavy (non-hydrogen) atoms. The van der Waals surface area contributed by atoms with E-state index < -0.39 is 0 Å². The first kappa shape index (κ1) is 7.31. The van der Waals surface area contributed by atoms with Crippen LogP contribution >= 0.6 is 12.0 Å². The van der Waals surface area contributed by atoms with Gasteiger partial charge in [-0.25, -0.2) is 0 Å². The molecule has 0 saturated heterocycles. The molecule has 2 heteroatoms. The Hall–Kier alpha value is 0.310. The molecular weight excluding hydrogens is 108 g/mol. The van der Waals surface area contributed by atoms with Gasteiger partial charge < -0.3 is 4.18 Å². The lowest BCUT2D eigenvalue weighted by Gasteiger charge is -2.03. The van der Waals surface area contributed by atoms with Crippen molar-refractivity contribution < 1.29 is 4.18 Å². The Kier molecular flexibility index (Phi) is 4.67. The molecule has 0 aromatic carbocycles. The molecular formula is C5H12OS. The minimum absolute atomic E-state index is 0.412. The molecule has 0 saturated carbocycles. The first-order valence-corrected chi connectivity index (χ1v) is 3.65. The highest BCUT2D eigenvalue weighted by molar-refractivity contribution is 7.93. The quantitative estimate of drug-likeness (QED) is 0.527. The van der Waals surface area contributed by atoms with Crippen molar-refractivity contribution >= 4 is 12.0 Å². The minimum Gasteiger partial charge on any atom is -0.313 e. The van der Waals surface area contributed by atoms with E-state index in [1.807, 2.05) is 6.26 Å². The largest absolute Gasteiger partial charge is 0.313 e. The topological polar surface area (TPSA) is 9.23 Å². The molecule has 0 amide bonds. The first-order chi connectivity index (χ1) is 3.31. The Morgan fingerprint density at radius 3 is 2.43 bits per heavy atom. The monoisotopic (exact) mass is 120 g/mol. The van der Waals surface area contributed by atoms with Crippen LogP contribution in [0.5, 0.6) is 0 Å². The summed E-state index contributed by atoms with van der Waals surface area (Å²) in [4.78, 5) is 0. The van der Waals surface area contributed by atoms with Crippen LogP contribution in [0.15, 0.2) is 0 Å². The summed E-state index contributed by atoms with van der Waals surface area (Å²) >= 11 is 1.43. The van der Waals surface area contributed by atoms with Gasteiger partial charge in [0.05, 0.1) is 6.10 Å². The highest BCUT2D eigenvalue weighted by Crippen LogP contribution is 2.03. The molecule has 1 atom stereocenters. The first-order valence-electron chi connectivity index (χ1n) is 2.50. The van der Waals surface area contributed by atoms with Crippen molar-refractivity contribution in [2.45, 2.75) is 26.4 Å². The van der Waals surface area contributed by atoms with Gasteiger partial charge in [-0.1, -0.05) is 6.92 Å². The Labute approximate surface area is 49.6 Å². The summed E-state index contributed by atoms with van der Waals surface area (Å²) < 4.78 is 5.11. The highest BCUT2D eigenvalue weighted by Gasteiger charge is 1.93. The Balaban J connectivity index is 2.83. The average molecular weight is 120 g/mol. The third kappa shape index (κ3) is 4.16. The number of rotatable bonds is 3. The van der Waals surface area contributed by atoms with Crippen LogP contribution < -0.4 is 0 Å². The van der Waals surface area contributed by atoms with Crippen LogP contribution in [0.2, 0.25) is 0 Å². The summed E-state index contributed by atoms with van der Waals surface area (Å²) in [6, 6.07) is 0. The van der Waals surface area contributed by atoms with Crippen LogP contribution in [0.3, 0.4) is 0 Å². The van der Waals surface area contributed by atoms with E-state index in [0.717, 1.165) is 6.42 Å². The molecule has 44 valence electrons. The lowest BCUT2D eigenvalue weighted by molar-refractivity contribution is 0.261. The van der Waals surface area contributed by atoms with E-state index in [-0.39, 0.29) is 0 Å². The van der Waals surface area contributed by atoms with Gasteiger partial charge in [-0.3, -0.25) is 0 Å². The molecule has 0 aliphatic heterocycles. The maximum Gasteiger partial charge on any atom is 0.0691 e. The second kappa shape index (κ2) is 4.47. The van der Waals surface area contributed by atoms with E-state index in [9.17, 15) is 0 Å². The molecule has 0 bridgehead atoms. The zero-order valence-electron chi connectivity index (χ0n) is 5.10. The molecule has 0 N–H and O–H groups in total. The fraction of sp³-hybridized carbons (Fsp3) is 1.00. The van der Waals surface area contributed by atoms with E-state index in [1.165, 1.54) is 12.0 Å². The average Bonchev–Trinajstić information content (AvgIpc) is 1.68. The summed E-state index contributed by atoms with van der Waals surface area (Å²) in [5, 5.41) is 0. The van der Waals surface area contributed by atoms with Gasteiger partial charge in [0.1, 0.15) is 0 Å². The maximum atomic E-state index is 5.11. The van der Waals surface area contributed by atoms with Crippen LogP contribution in [0.1, 0.15) is 20.3 Å². The van der Waals surface area contributed by atoms with Gasteiger partial charge in [0.25, 0.3) is 0 Å². The molecule has 1 unspecified atom stereocenters. The van der Waals surface area contributed by atoms with Crippen molar-refractivity contribution in [2.75, 3.05) is 6.26 Å². The Morgan fingerprint density at radius 2 is 2.29 bits per heavy atom. The Bertz CT molecular complexity index is 39.1. The lowest BCUT2D eigenvalue weighted by atomic mass is 10.3. The summed E-state index contributed by atoms with van der Waals surface area (Å²) in [7, 11) is 0. The molecule has 0 fully saturated rings. The summed E-state index contributed by atoms with van der Waals surface area (Å²) in [5.74, 6) is 0. The molecule has 0 aliphatic rings. The standard InChI is InChI=1S/C5H12OS/c1-4-5(2)6-7-3/h5H,4H2,1-3H3. The van der Waals surface area contributed by atoms with Crippen LogP contribution in [0.25, 0.3) is 0 Å². The van der Waals surface area contributed by atoms with E-state index in [1.54, 1.807) is 0 Å². The third-order valence-electron chi connectivity index (χ3n) is 0.835. The number of hydrogen-bond donors (Lipinski definition) is 0. The van der Waals surface area contributed by atoms with Crippen LogP contribution in [0, 0.1) is 0 Å². The van der Waals surface area contributed by atoms with Gasteiger partial charge in [-0.2, -0.15) is 0 Å². The smallest absolute Gasteiger partial charge is 0.0691 e. The molecule has 1 nitrogen and oxygen atoms in total. The van der Waals surface area contributed by atoms with Crippen molar-refractivity contribution in [1.29, 1.82) is 0 Å². The van der Waals surface area contributed by atoms with Crippen molar-refractivity contribution in [3.63, 3.8) is 0 Å². The van der Waals surface area contributed by atoms with Crippen LogP contribution in [0.4, 0.5) is 0 Å². The molecule has 0 radical (unpaired) electrons. The zero-order chi connectivity index (χ0) is 5.70. The molecule has 0 aromatic rings. The fourth-order valence-corrected chi connectivity index (χ4v) is 0.697. The van der Waals surface area contributed by atoms with Crippen molar-refractivity contribution in [1.82, 2.24) is 0 Å². The molecule has 0 rings (SSSR count). The molecule has 0 aromatic heterocycles. The molecule has 0 heterocycles. The van der Waals surface area contributed by atoms with Crippen LogP contribution in [-0.4, -0.2) is 12.4 Å². The summed E-state index contributed by atoms with van der Waals surface area (Å²) in [6.07, 6.45) is 3.45. The summed E-state index contributed by atoms with van der Waals surface area (Å²) in [6.45, 7) is 4.18. The van der Waals surface area contributed by atoms with E-state index >= 15 is 0 Å². The van der Waals surface area contributed by atoms with Gasteiger partial charge >= 0.3 is 0 Å².